The molecule has 20 nitrogen and oxygen atoms in total. The molecule has 6 rings (SSSR count). The first-order chi connectivity index (χ1) is 30.8. The Balaban J connectivity index is 1.31. The molecule has 0 aliphatic heterocycles. The molecule has 0 unspecified atom stereocenters. The lowest BCUT2D eigenvalue weighted by Gasteiger charge is -2.22. The summed E-state index contributed by atoms with van der Waals surface area (Å²) < 4.78 is 71.7. The number of anilines is 10. The lowest BCUT2D eigenvalue weighted by atomic mass is 10.1. The summed E-state index contributed by atoms with van der Waals surface area (Å²) in [6, 6.07) is 26.4. The molecule has 0 saturated carbocycles. The second-order valence-corrected chi connectivity index (χ2v) is 16.8. The van der Waals surface area contributed by atoms with Gasteiger partial charge in [-0.25, -0.2) is 0 Å². The first-order valence-electron chi connectivity index (χ1n) is 20.1. The van der Waals surface area contributed by atoms with Crippen molar-refractivity contribution in [3.63, 3.8) is 0 Å². The number of nitrogens with one attached hydrogen (secondary N) is 4. The topological polar surface area (TPSA) is 281 Å². The third-order valence-electron chi connectivity index (χ3n) is 9.14. The highest BCUT2D eigenvalue weighted by molar-refractivity contribution is 7.86. The van der Waals surface area contributed by atoms with Gasteiger partial charge in [-0.05, 0) is 72.5 Å². The van der Waals surface area contributed by atoms with Gasteiger partial charge < -0.3 is 41.3 Å². The summed E-state index contributed by atoms with van der Waals surface area (Å²) in [5, 5.41) is 31.6. The summed E-state index contributed by atoms with van der Waals surface area (Å²) in [5.41, 5.74) is 1.68. The molecule has 0 bridgehead atoms. The van der Waals surface area contributed by atoms with Crippen LogP contribution in [0.3, 0.4) is 0 Å². The van der Waals surface area contributed by atoms with Gasteiger partial charge in [0.05, 0.1) is 13.2 Å². The van der Waals surface area contributed by atoms with E-state index in [1.807, 2.05) is 74.5 Å². The summed E-state index contributed by atoms with van der Waals surface area (Å²) in [6.45, 7) is 5.16. The summed E-state index contributed by atoms with van der Waals surface area (Å²) in [4.78, 5) is 29.5. The predicted octanol–water partition coefficient (Wildman–Crippen LogP) is 6.11. The number of para-hydroxylation sites is 2. The largest absolute Gasteiger partial charge is 0.395 e. The van der Waals surface area contributed by atoms with Crippen LogP contribution in [0.25, 0.3) is 12.2 Å². The summed E-state index contributed by atoms with van der Waals surface area (Å²) in [7, 11) is -9.74. The molecule has 4 aromatic carbocycles. The Kier molecular flexibility index (Phi) is 15.7. The summed E-state index contributed by atoms with van der Waals surface area (Å²) in [5.74, 6) is 0.886. The zero-order valence-electron chi connectivity index (χ0n) is 34.9. The second kappa shape index (κ2) is 21.5. The van der Waals surface area contributed by atoms with E-state index in [9.17, 15) is 36.2 Å². The van der Waals surface area contributed by atoms with Gasteiger partial charge in [-0.3, -0.25) is 9.11 Å². The Morgan fingerprint density at radius 1 is 0.484 bits per heavy atom. The van der Waals surface area contributed by atoms with E-state index in [0.717, 1.165) is 25.0 Å². The Hall–Kier alpha value is -6.82. The van der Waals surface area contributed by atoms with E-state index in [1.165, 1.54) is 36.4 Å². The van der Waals surface area contributed by atoms with Crippen LogP contribution in [0, 0.1) is 0 Å². The number of aliphatic hydroxyl groups is 2. The van der Waals surface area contributed by atoms with E-state index in [-0.39, 0.29) is 84.5 Å². The normalized spacial score (nSPS) is 11.7. The van der Waals surface area contributed by atoms with Crippen LogP contribution in [0.1, 0.15) is 37.8 Å². The maximum Gasteiger partial charge on any atom is 0.295 e. The van der Waals surface area contributed by atoms with Crippen molar-refractivity contribution in [1.29, 1.82) is 0 Å². The Morgan fingerprint density at radius 2 is 0.828 bits per heavy atom. The molecular weight excluding hydrogens is 865 g/mol. The molecule has 0 fully saturated rings. The maximum absolute atomic E-state index is 12.8. The third kappa shape index (κ3) is 12.9. The summed E-state index contributed by atoms with van der Waals surface area (Å²) in [6.07, 6.45) is 4.01. The van der Waals surface area contributed by atoms with Gasteiger partial charge >= 0.3 is 0 Å². The lowest BCUT2D eigenvalue weighted by Crippen LogP contribution is -2.29. The molecule has 2 heterocycles. The fourth-order valence-electron chi connectivity index (χ4n) is 6.33. The standard InChI is InChI=1S/C42H48N12O8S2/c1-3-21-53(23-25-55)41-49-37(43-31-11-7-5-8-12-31)47-39(51-41)45-33-19-17-29(35(27-33)63(57,58)59)15-16-30-18-20-34(28-36(30)64(60,61)62)46-40-48-38(44-32-13-9-6-10-14-32)50-42(52-40)54(22-4-2)24-26-56/h5-20,27-28,55-56H,3-4,21-26H2,1-2H3,(H,57,58,59)(H,60,61,62)(H2,43,45,47,49,51)(H2,44,46,48,50,52). The van der Waals surface area contributed by atoms with Crippen LogP contribution < -0.4 is 31.1 Å². The van der Waals surface area contributed by atoms with Crippen molar-refractivity contribution in [1.82, 2.24) is 29.9 Å². The van der Waals surface area contributed by atoms with E-state index in [0.29, 0.717) is 24.5 Å². The van der Waals surface area contributed by atoms with Crippen LogP contribution in [0.2, 0.25) is 0 Å². The first-order valence-corrected chi connectivity index (χ1v) is 23.0. The molecule has 8 N–H and O–H groups in total. The minimum Gasteiger partial charge on any atom is -0.395 e. The van der Waals surface area contributed by atoms with E-state index in [4.69, 9.17) is 0 Å². The highest BCUT2D eigenvalue weighted by atomic mass is 32.2. The van der Waals surface area contributed by atoms with Crippen LogP contribution in [0.4, 0.5) is 58.4 Å². The number of benzene rings is 4. The highest BCUT2D eigenvalue weighted by Crippen LogP contribution is 2.29. The van der Waals surface area contributed by atoms with Crippen molar-refractivity contribution in [2.24, 2.45) is 0 Å². The number of aliphatic hydroxyl groups excluding tert-OH is 2. The molecule has 22 heteroatoms. The van der Waals surface area contributed by atoms with Crippen molar-refractivity contribution in [2.45, 2.75) is 36.5 Å². The van der Waals surface area contributed by atoms with Crippen LogP contribution in [-0.4, -0.2) is 105 Å². The SMILES string of the molecule is CCCN(CCO)c1nc(Nc2ccccc2)nc(Nc2ccc(C=Cc3ccc(Nc4nc(Nc5ccccc5)nc(N(CCC)CCO)n4)cc3S(=O)(=O)O)c(S(=O)(=O)O)c2)n1. The Bertz CT molecular complexity index is 2570. The molecule has 0 aliphatic rings. The van der Waals surface area contributed by atoms with E-state index in [2.05, 4.69) is 51.2 Å². The molecule has 0 radical (unpaired) electrons. The molecule has 0 saturated heterocycles. The van der Waals surface area contributed by atoms with Gasteiger partial charge in [0, 0.05) is 48.9 Å². The second-order valence-electron chi connectivity index (χ2n) is 14.0. The average molecular weight is 913 g/mol. The van der Waals surface area contributed by atoms with Crippen molar-refractivity contribution >= 4 is 90.8 Å². The molecule has 6 aromatic rings. The van der Waals surface area contributed by atoms with Crippen molar-refractivity contribution in [2.75, 3.05) is 70.5 Å². The van der Waals surface area contributed by atoms with Gasteiger partial charge in [-0.15, -0.1) is 0 Å². The monoisotopic (exact) mass is 912 g/mol. The molecule has 336 valence electrons. The Labute approximate surface area is 370 Å². The van der Waals surface area contributed by atoms with Crippen LogP contribution in [0.15, 0.2) is 107 Å². The van der Waals surface area contributed by atoms with Gasteiger partial charge in [-0.1, -0.05) is 74.5 Å². The number of hydrogen-bond acceptors (Lipinski definition) is 18. The third-order valence-corrected chi connectivity index (χ3v) is 11.0. The molecule has 64 heavy (non-hydrogen) atoms. The van der Waals surface area contributed by atoms with Gasteiger partial charge in [0.25, 0.3) is 20.2 Å². The predicted molar refractivity (Wildman–Crippen MR) is 246 cm³/mol. The fourth-order valence-corrected chi connectivity index (χ4v) is 7.75. The van der Waals surface area contributed by atoms with E-state index in [1.54, 1.807) is 9.80 Å². The molecular formula is C42H48N12O8S2. The van der Waals surface area contributed by atoms with Crippen LogP contribution >= 0.6 is 0 Å². The smallest absolute Gasteiger partial charge is 0.295 e. The lowest BCUT2D eigenvalue weighted by molar-refractivity contribution is 0.301. The van der Waals surface area contributed by atoms with Crippen molar-refractivity contribution < 1.29 is 36.2 Å². The molecule has 2 aromatic heterocycles. The minimum atomic E-state index is -4.87. The average Bonchev–Trinajstić information content (AvgIpc) is 3.26. The van der Waals surface area contributed by atoms with Gasteiger partial charge in [0.15, 0.2) is 0 Å². The van der Waals surface area contributed by atoms with Crippen LogP contribution in [-0.2, 0) is 20.2 Å². The number of rotatable bonds is 22. The zero-order chi connectivity index (χ0) is 45.7. The quantitative estimate of drug-likeness (QED) is 0.0282. The molecule has 0 spiro atoms. The number of hydrogen-bond donors (Lipinski definition) is 8. The summed E-state index contributed by atoms with van der Waals surface area (Å²) >= 11 is 0. The minimum absolute atomic E-state index is 0.0213. The zero-order valence-corrected chi connectivity index (χ0v) is 36.5. The van der Waals surface area contributed by atoms with Crippen molar-refractivity contribution in [3.05, 3.63) is 108 Å². The van der Waals surface area contributed by atoms with E-state index >= 15 is 0 Å². The van der Waals surface area contributed by atoms with Gasteiger partial charge in [0.1, 0.15) is 9.79 Å². The van der Waals surface area contributed by atoms with Gasteiger partial charge in [-0.2, -0.15) is 46.7 Å². The van der Waals surface area contributed by atoms with Crippen molar-refractivity contribution in [3.8, 4) is 0 Å². The number of aromatic nitrogens is 6. The maximum atomic E-state index is 12.8. The Morgan fingerprint density at radius 3 is 1.14 bits per heavy atom. The first kappa shape index (κ1) is 46.7. The molecule has 0 atom stereocenters. The molecule has 0 aliphatic carbocycles. The van der Waals surface area contributed by atoms with Gasteiger partial charge in [0.2, 0.25) is 35.7 Å². The fraction of sp³-hybridized carbons (Fsp3) is 0.238. The highest BCUT2D eigenvalue weighted by Gasteiger charge is 2.20. The number of nitrogens with zero attached hydrogens (tertiary/aromatic N) is 8. The van der Waals surface area contributed by atoms with Crippen LogP contribution in [0.5, 0.6) is 0 Å². The van der Waals surface area contributed by atoms with E-state index < -0.39 is 30.0 Å². The molecule has 0 amide bonds.